The zero-order chi connectivity index (χ0) is 12.4. The van der Waals surface area contributed by atoms with Crippen molar-refractivity contribution in [3.63, 3.8) is 0 Å². The van der Waals surface area contributed by atoms with Gasteiger partial charge in [-0.1, -0.05) is 23.2 Å². The van der Waals surface area contributed by atoms with Gasteiger partial charge in [-0.15, -0.1) is 11.3 Å². The lowest BCUT2D eigenvalue weighted by atomic mass is 10.1. The molecule has 2 rings (SSSR count). The van der Waals surface area contributed by atoms with E-state index in [1.807, 2.05) is 19.2 Å². The molecule has 4 heteroatoms. The average Bonchev–Trinajstić information content (AvgIpc) is 2.71. The fraction of sp³-hybridized carbons (Fsp3) is 0.231. The maximum atomic E-state index is 6.23. The van der Waals surface area contributed by atoms with Crippen molar-refractivity contribution in [3.8, 4) is 0 Å². The van der Waals surface area contributed by atoms with Crippen LogP contribution >= 0.6 is 34.5 Å². The van der Waals surface area contributed by atoms with Gasteiger partial charge in [-0.05, 0) is 49.9 Å². The zero-order valence-electron chi connectivity index (χ0n) is 9.63. The number of benzene rings is 1. The molecule has 0 bridgehead atoms. The number of thiophene rings is 1. The van der Waals surface area contributed by atoms with Crippen LogP contribution in [0.2, 0.25) is 10.0 Å². The van der Waals surface area contributed by atoms with Crippen LogP contribution in [-0.2, 0) is 0 Å². The summed E-state index contributed by atoms with van der Waals surface area (Å²) in [7, 11) is 1.93. The van der Waals surface area contributed by atoms with E-state index >= 15 is 0 Å². The van der Waals surface area contributed by atoms with Gasteiger partial charge in [0, 0.05) is 19.8 Å². The predicted molar refractivity (Wildman–Crippen MR) is 76.4 cm³/mol. The zero-order valence-corrected chi connectivity index (χ0v) is 12.0. The van der Waals surface area contributed by atoms with E-state index < -0.39 is 0 Å². The fourth-order valence-electron chi connectivity index (χ4n) is 1.80. The van der Waals surface area contributed by atoms with E-state index in [4.69, 9.17) is 23.2 Å². The highest BCUT2D eigenvalue weighted by Gasteiger charge is 2.17. The molecule has 2 aromatic rings. The van der Waals surface area contributed by atoms with Crippen molar-refractivity contribution in [2.75, 3.05) is 7.05 Å². The first kappa shape index (κ1) is 12.9. The molecule has 0 amide bonds. The van der Waals surface area contributed by atoms with E-state index in [-0.39, 0.29) is 6.04 Å². The summed E-state index contributed by atoms with van der Waals surface area (Å²) in [5.74, 6) is 0. The molecule has 0 saturated carbocycles. The van der Waals surface area contributed by atoms with Gasteiger partial charge in [-0.25, -0.2) is 0 Å². The van der Waals surface area contributed by atoms with Crippen molar-refractivity contribution in [2.24, 2.45) is 0 Å². The van der Waals surface area contributed by atoms with Gasteiger partial charge >= 0.3 is 0 Å². The second-order valence-electron chi connectivity index (χ2n) is 3.84. The second kappa shape index (κ2) is 5.40. The van der Waals surface area contributed by atoms with Gasteiger partial charge in [-0.3, -0.25) is 0 Å². The third-order valence-electron chi connectivity index (χ3n) is 2.60. The van der Waals surface area contributed by atoms with Crippen molar-refractivity contribution in [1.29, 1.82) is 0 Å². The average molecular weight is 286 g/mol. The Bertz CT molecular complexity index is 522. The number of hydrogen-bond acceptors (Lipinski definition) is 2. The minimum atomic E-state index is 0.0971. The van der Waals surface area contributed by atoms with E-state index in [0.29, 0.717) is 5.02 Å². The van der Waals surface area contributed by atoms with Crippen LogP contribution in [0.15, 0.2) is 30.3 Å². The molecule has 1 atom stereocenters. The van der Waals surface area contributed by atoms with Gasteiger partial charge in [0.15, 0.2) is 0 Å². The van der Waals surface area contributed by atoms with Crippen LogP contribution in [0.5, 0.6) is 0 Å². The molecule has 0 radical (unpaired) electrons. The summed E-state index contributed by atoms with van der Waals surface area (Å²) in [6.45, 7) is 2.10. The predicted octanol–water partition coefficient (Wildman–Crippen LogP) is 4.67. The number of hydrogen-bond donors (Lipinski definition) is 1. The first-order valence-electron chi connectivity index (χ1n) is 5.30. The Morgan fingerprint density at radius 2 is 1.94 bits per heavy atom. The van der Waals surface area contributed by atoms with Crippen molar-refractivity contribution >= 4 is 34.5 Å². The van der Waals surface area contributed by atoms with E-state index in [1.54, 1.807) is 17.4 Å². The van der Waals surface area contributed by atoms with Crippen LogP contribution in [-0.4, -0.2) is 7.05 Å². The maximum Gasteiger partial charge on any atom is 0.0683 e. The molecule has 0 spiro atoms. The van der Waals surface area contributed by atoms with Crippen LogP contribution in [0.1, 0.15) is 21.4 Å². The Kier molecular flexibility index (Phi) is 4.10. The largest absolute Gasteiger partial charge is 0.309 e. The number of aryl methyl sites for hydroxylation is 1. The van der Waals surface area contributed by atoms with Crippen LogP contribution in [0.4, 0.5) is 0 Å². The van der Waals surface area contributed by atoms with Gasteiger partial charge in [0.2, 0.25) is 0 Å². The molecule has 1 nitrogen and oxygen atoms in total. The van der Waals surface area contributed by atoms with Crippen molar-refractivity contribution in [2.45, 2.75) is 13.0 Å². The Morgan fingerprint density at radius 1 is 1.18 bits per heavy atom. The summed E-state index contributed by atoms with van der Waals surface area (Å²) < 4.78 is 0. The molecule has 1 heterocycles. The Hall–Kier alpha value is -0.540. The SMILES string of the molecule is CNC(c1ccc(C)s1)c1cc(Cl)ccc1Cl. The van der Waals surface area contributed by atoms with Crippen molar-refractivity contribution < 1.29 is 0 Å². The molecule has 1 N–H and O–H groups in total. The standard InChI is InChI=1S/C13H13Cl2NS/c1-8-3-6-12(17-8)13(16-2)10-7-9(14)4-5-11(10)15/h3-7,13,16H,1-2H3. The normalized spacial score (nSPS) is 12.7. The van der Waals surface area contributed by atoms with Gasteiger partial charge in [-0.2, -0.15) is 0 Å². The summed E-state index contributed by atoms with van der Waals surface area (Å²) in [5, 5.41) is 4.73. The first-order chi connectivity index (χ1) is 8.11. The van der Waals surface area contributed by atoms with Gasteiger partial charge in [0.1, 0.15) is 0 Å². The topological polar surface area (TPSA) is 12.0 Å². The molecule has 0 saturated heterocycles. The van der Waals surface area contributed by atoms with Gasteiger partial charge in [0.25, 0.3) is 0 Å². The summed E-state index contributed by atoms with van der Waals surface area (Å²) in [6.07, 6.45) is 0. The molecule has 90 valence electrons. The van der Waals surface area contributed by atoms with E-state index in [0.717, 1.165) is 10.6 Å². The quantitative estimate of drug-likeness (QED) is 0.864. The second-order valence-corrected chi connectivity index (χ2v) is 6.00. The highest BCUT2D eigenvalue weighted by atomic mass is 35.5. The molecule has 1 aromatic heterocycles. The highest BCUT2D eigenvalue weighted by Crippen LogP contribution is 2.33. The summed E-state index contributed by atoms with van der Waals surface area (Å²) in [5.41, 5.74) is 1.02. The van der Waals surface area contributed by atoms with E-state index in [1.165, 1.54) is 9.75 Å². The minimum absolute atomic E-state index is 0.0971. The lowest BCUT2D eigenvalue weighted by Gasteiger charge is -2.16. The van der Waals surface area contributed by atoms with Crippen LogP contribution in [0.3, 0.4) is 0 Å². The number of rotatable bonds is 3. The Labute approximate surface area is 115 Å². The summed E-state index contributed by atoms with van der Waals surface area (Å²) in [6, 6.07) is 9.89. The Morgan fingerprint density at radius 3 is 2.53 bits per heavy atom. The van der Waals surface area contributed by atoms with Crippen LogP contribution in [0, 0.1) is 6.92 Å². The van der Waals surface area contributed by atoms with Gasteiger partial charge < -0.3 is 5.32 Å². The van der Waals surface area contributed by atoms with E-state index in [9.17, 15) is 0 Å². The monoisotopic (exact) mass is 285 g/mol. The lowest BCUT2D eigenvalue weighted by Crippen LogP contribution is -2.16. The molecule has 1 aromatic carbocycles. The number of halogens is 2. The molecule has 0 fully saturated rings. The smallest absolute Gasteiger partial charge is 0.0683 e. The molecule has 0 aliphatic heterocycles. The molecule has 17 heavy (non-hydrogen) atoms. The Balaban J connectivity index is 2.45. The third-order valence-corrected chi connectivity index (χ3v) is 4.25. The summed E-state index contributed by atoms with van der Waals surface area (Å²) in [4.78, 5) is 2.53. The van der Waals surface area contributed by atoms with Crippen LogP contribution in [0.25, 0.3) is 0 Å². The van der Waals surface area contributed by atoms with Crippen molar-refractivity contribution in [1.82, 2.24) is 5.32 Å². The minimum Gasteiger partial charge on any atom is -0.309 e. The van der Waals surface area contributed by atoms with Gasteiger partial charge in [0.05, 0.1) is 6.04 Å². The fourth-order valence-corrected chi connectivity index (χ4v) is 3.21. The molecule has 0 aliphatic carbocycles. The van der Waals surface area contributed by atoms with Crippen molar-refractivity contribution in [3.05, 3.63) is 55.7 Å². The molecular weight excluding hydrogens is 273 g/mol. The molecule has 0 aliphatic rings. The molecular formula is C13H13Cl2NS. The highest BCUT2D eigenvalue weighted by molar-refractivity contribution is 7.12. The first-order valence-corrected chi connectivity index (χ1v) is 6.87. The summed E-state index contributed by atoms with van der Waals surface area (Å²) >= 11 is 14.0. The lowest BCUT2D eigenvalue weighted by molar-refractivity contribution is 0.704. The third kappa shape index (κ3) is 2.83. The number of nitrogens with one attached hydrogen (secondary N) is 1. The van der Waals surface area contributed by atoms with Crippen LogP contribution < -0.4 is 5.32 Å². The maximum absolute atomic E-state index is 6.23. The van der Waals surface area contributed by atoms with E-state index in [2.05, 4.69) is 24.4 Å². The molecule has 1 unspecified atom stereocenters.